The highest BCUT2D eigenvalue weighted by molar-refractivity contribution is 5.84. The Hall–Kier alpha value is -2.89. The Balaban J connectivity index is 1.56. The van der Waals surface area contributed by atoms with Crippen molar-refractivity contribution >= 4 is 5.97 Å². The van der Waals surface area contributed by atoms with Crippen molar-refractivity contribution in [1.82, 2.24) is 5.32 Å². The van der Waals surface area contributed by atoms with Crippen LogP contribution in [0.4, 0.5) is 0 Å². The van der Waals surface area contributed by atoms with Crippen molar-refractivity contribution in [3.63, 3.8) is 0 Å². The van der Waals surface area contributed by atoms with Gasteiger partial charge in [0, 0.05) is 12.5 Å². The number of aliphatic carboxylic acids is 1. The molecule has 2 aliphatic carbocycles. The number of fused-ring (bicyclic) bond motifs is 1. The first-order valence-corrected chi connectivity index (χ1v) is 13.9. The summed E-state index contributed by atoms with van der Waals surface area (Å²) in [6.07, 6.45) is 8.86. The number of carboxylic acid groups (broad SMARTS) is 1. The molecule has 0 saturated carbocycles. The molecule has 0 aromatic heterocycles. The molecule has 4 rings (SSSR count). The molecule has 2 aromatic carbocycles. The summed E-state index contributed by atoms with van der Waals surface area (Å²) in [6.45, 7) is 13.4. The molecule has 2 aliphatic rings. The van der Waals surface area contributed by atoms with Gasteiger partial charge in [0.2, 0.25) is 5.60 Å². The van der Waals surface area contributed by atoms with E-state index in [-0.39, 0.29) is 29.1 Å². The van der Waals surface area contributed by atoms with Gasteiger partial charge in [-0.3, -0.25) is 0 Å². The van der Waals surface area contributed by atoms with Crippen LogP contribution in [0.15, 0.2) is 66.5 Å². The Morgan fingerprint density at radius 2 is 1.71 bits per heavy atom. The number of allylic oxidation sites excluding steroid dienone is 2. The minimum absolute atomic E-state index is 0.131. The number of hydrogen-bond donors (Lipinski definition) is 3. The third kappa shape index (κ3) is 5.60. The maximum Gasteiger partial charge on any atom is 0.348 e. The number of rotatable bonds is 10. The van der Waals surface area contributed by atoms with E-state index in [2.05, 4.69) is 63.3 Å². The summed E-state index contributed by atoms with van der Waals surface area (Å²) >= 11 is 0. The van der Waals surface area contributed by atoms with Crippen molar-refractivity contribution in [1.29, 1.82) is 0 Å². The topological polar surface area (TPSA) is 78.8 Å². The van der Waals surface area contributed by atoms with Gasteiger partial charge in [-0.1, -0.05) is 83.2 Å². The van der Waals surface area contributed by atoms with Crippen molar-refractivity contribution in [3.8, 4) is 11.1 Å². The first kappa shape index (κ1) is 28.1. The molecule has 0 bridgehead atoms. The van der Waals surface area contributed by atoms with Crippen LogP contribution in [0.1, 0.15) is 82.9 Å². The first-order chi connectivity index (χ1) is 18.0. The largest absolute Gasteiger partial charge is 0.509 e. The van der Waals surface area contributed by atoms with Crippen molar-refractivity contribution in [2.24, 2.45) is 0 Å². The lowest BCUT2D eigenvalue weighted by atomic mass is 9.63. The van der Waals surface area contributed by atoms with E-state index in [0.717, 1.165) is 37.1 Å². The molecule has 204 valence electrons. The maximum absolute atomic E-state index is 12.2. The monoisotopic (exact) mass is 517 g/mol. The molecule has 2 atom stereocenters. The SMILES string of the molecule is CCNCCCCOC1(C(=O)O)C=CC(c2cccc(-c3ccc4c(c3)C(C)(C)CCC4(C)C)c2)C=C1O. The fourth-order valence-electron chi connectivity index (χ4n) is 5.70. The third-order valence-electron chi connectivity index (χ3n) is 8.36. The smallest absolute Gasteiger partial charge is 0.348 e. The molecule has 0 saturated heterocycles. The second kappa shape index (κ2) is 11.1. The molecule has 0 spiro atoms. The average molecular weight is 518 g/mol. The van der Waals surface area contributed by atoms with Crippen LogP contribution in [0.5, 0.6) is 0 Å². The summed E-state index contributed by atoms with van der Waals surface area (Å²) in [5.41, 5.74) is 4.60. The molecule has 0 radical (unpaired) electrons. The molecule has 0 fully saturated rings. The van der Waals surface area contributed by atoms with Gasteiger partial charge in [-0.05, 0) is 89.6 Å². The molecule has 0 aliphatic heterocycles. The van der Waals surface area contributed by atoms with E-state index in [0.29, 0.717) is 6.42 Å². The van der Waals surface area contributed by atoms with E-state index < -0.39 is 11.6 Å². The van der Waals surface area contributed by atoms with Crippen LogP contribution in [-0.4, -0.2) is 41.5 Å². The number of aliphatic hydroxyl groups excluding tert-OH is 1. The van der Waals surface area contributed by atoms with Crippen LogP contribution in [0.25, 0.3) is 11.1 Å². The fourth-order valence-corrected chi connectivity index (χ4v) is 5.70. The normalized spacial score (nSPS) is 23.5. The zero-order chi connectivity index (χ0) is 27.6. The number of aliphatic hydroxyl groups is 1. The highest BCUT2D eigenvalue weighted by Crippen LogP contribution is 2.47. The summed E-state index contributed by atoms with van der Waals surface area (Å²) in [7, 11) is 0. The average Bonchev–Trinajstić information content (AvgIpc) is 2.89. The summed E-state index contributed by atoms with van der Waals surface area (Å²) in [4.78, 5) is 12.2. The third-order valence-corrected chi connectivity index (χ3v) is 8.36. The molecule has 0 amide bonds. The van der Waals surface area contributed by atoms with Gasteiger partial charge >= 0.3 is 5.97 Å². The van der Waals surface area contributed by atoms with Crippen molar-refractivity contribution in [2.75, 3.05) is 19.7 Å². The minimum atomic E-state index is -1.83. The Kier molecular flexibility index (Phi) is 8.20. The van der Waals surface area contributed by atoms with Crippen molar-refractivity contribution in [3.05, 3.63) is 83.1 Å². The van der Waals surface area contributed by atoms with Gasteiger partial charge in [0.15, 0.2) is 0 Å². The lowest BCUT2D eigenvalue weighted by molar-refractivity contribution is -0.158. The Morgan fingerprint density at radius 3 is 2.39 bits per heavy atom. The van der Waals surface area contributed by atoms with Crippen molar-refractivity contribution in [2.45, 2.75) is 82.7 Å². The van der Waals surface area contributed by atoms with Crippen LogP contribution in [0.2, 0.25) is 0 Å². The van der Waals surface area contributed by atoms with E-state index >= 15 is 0 Å². The molecular weight excluding hydrogens is 474 g/mol. The van der Waals surface area contributed by atoms with Gasteiger partial charge in [-0.25, -0.2) is 4.79 Å². The van der Waals surface area contributed by atoms with Gasteiger partial charge in [-0.2, -0.15) is 0 Å². The number of unbranched alkanes of at least 4 members (excludes halogenated alkanes) is 1. The van der Waals surface area contributed by atoms with E-state index in [1.54, 1.807) is 6.08 Å². The number of carbonyl (C=O) groups is 1. The van der Waals surface area contributed by atoms with Gasteiger partial charge in [0.1, 0.15) is 5.76 Å². The summed E-state index contributed by atoms with van der Waals surface area (Å²) < 4.78 is 5.76. The molecular formula is C33H43NO4. The molecule has 2 unspecified atom stereocenters. The molecule has 38 heavy (non-hydrogen) atoms. The number of benzene rings is 2. The van der Waals surface area contributed by atoms with E-state index in [1.807, 2.05) is 25.1 Å². The predicted molar refractivity (Wildman–Crippen MR) is 154 cm³/mol. The lowest BCUT2D eigenvalue weighted by Gasteiger charge is -2.42. The molecule has 0 heterocycles. The summed E-state index contributed by atoms with van der Waals surface area (Å²) in [5.74, 6) is -1.72. The van der Waals surface area contributed by atoms with Gasteiger partial charge in [0.05, 0.1) is 0 Å². The molecule has 5 nitrogen and oxygen atoms in total. The highest BCUT2D eigenvalue weighted by Gasteiger charge is 2.44. The number of ether oxygens (including phenoxy) is 1. The zero-order valence-electron chi connectivity index (χ0n) is 23.5. The van der Waals surface area contributed by atoms with Crippen LogP contribution < -0.4 is 5.32 Å². The Bertz CT molecular complexity index is 1230. The Morgan fingerprint density at radius 1 is 1.00 bits per heavy atom. The van der Waals surface area contributed by atoms with Gasteiger partial charge < -0.3 is 20.3 Å². The van der Waals surface area contributed by atoms with E-state index in [4.69, 9.17) is 4.74 Å². The van der Waals surface area contributed by atoms with Crippen LogP contribution >= 0.6 is 0 Å². The summed E-state index contributed by atoms with van der Waals surface area (Å²) in [5, 5.41) is 24.1. The molecule has 5 heteroatoms. The second-order valence-corrected chi connectivity index (χ2v) is 12.0. The minimum Gasteiger partial charge on any atom is -0.509 e. The number of nitrogens with one attached hydrogen (secondary N) is 1. The Labute approximate surface area is 227 Å². The maximum atomic E-state index is 12.2. The van der Waals surface area contributed by atoms with E-state index in [1.165, 1.54) is 29.2 Å². The zero-order valence-corrected chi connectivity index (χ0v) is 23.5. The van der Waals surface area contributed by atoms with Crippen LogP contribution in [-0.2, 0) is 20.4 Å². The number of carboxylic acids is 1. The van der Waals surface area contributed by atoms with E-state index in [9.17, 15) is 15.0 Å². The fraction of sp³-hybridized carbons (Fsp3) is 0.485. The predicted octanol–water partition coefficient (Wildman–Crippen LogP) is 7.03. The second-order valence-electron chi connectivity index (χ2n) is 12.0. The van der Waals surface area contributed by atoms with Crippen LogP contribution in [0, 0.1) is 0 Å². The standard InChI is InChI=1S/C33H43NO4/c1-6-34-18-7-8-19-38-33(30(36)37)15-14-26(22-29(33)35)24-11-9-10-23(20-24)25-12-13-27-28(21-25)32(4,5)17-16-31(27,2)3/h9-15,20-22,26,34-35H,6-8,16-19H2,1-5H3,(H,36,37). The molecule has 3 N–H and O–H groups in total. The van der Waals surface area contributed by atoms with Crippen LogP contribution in [0.3, 0.4) is 0 Å². The molecule has 2 aromatic rings. The van der Waals surface area contributed by atoms with Gasteiger partial charge in [0.25, 0.3) is 0 Å². The van der Waals surface area contributed by atoms with Crippen molar-refractivity contribution < 1.29 is 19.7 Å². The highest BCUT2D eigenvalue weighted by atomic mass is 16.5. The summed E-state index contributed by atoms with van der Waals surface area (Å²) in [6, 6.07) is 15.1. The quantitative estimate of drug-likeness (QED) is 0.233. The lowest BCUT2D eigenvalue weighted by Crippen LogP contribution is -2.43. The number of hydrogen-bond acceptors (Lipinski definition) is 4. The first-order valence-electron chi connectivity index (χ1n) is 13.9. The van der Waals surface area contributed by atoms with Gasteiger partial charge in [-0.15, -0.1) is 0 Å².